The number of carbonyl (C=O) groups excluding carboxylic acids is 1. The minimum Gasteiger partial charge on any atom is -0.368 e. The van der Waals surface area contributed by atoms with Crippen molar-refractivity contribution in [3.8, 4) is 0 Å². The first-order valence-corrected chi connectivity index (χ1v) is 8.49. The van der Waals surface area contributed by atoms with E-state index in [1.165, 1.54) is 24.0 Å². The number of fused-ring (bicyclic) bond motifs is 2. The zero-order valence-corrected chi connectivity index (χ0v) is 12.7. The largest absolute Gasteiger partial charge is 0.368 e. The van der Waals surface area contributed by atoms with Crippen LogP contribution in [0.1, 0.15) is 32.1 Å². The van der Waals surface area contributed by atoms with E-state index in [-0.39, 0.29) is 11.9 Å². The van der Waals surface area contributed by atoms with Crippen molar-refractivity contribution in [3.05, 3.63) is 24.3 Å². The molecule has 3 atom stereocenters. The molecule has 3 unspecified atom stereocenters. The summed E-state index contributed by atoms with van der Waals surface area (Å²) in [5, 5.41) is 0.967. The number of anilines is 1. The van der Waals surface area contributed by atoms with Crippen LogP contribution in [0.15, 0.2) is 24.3 Å². The Morgan fingerprint density at radius 2 is 2.10 bits per heavy atom. The number of amides is 1. The maximum Gasteiger partial charge on any atom is 0.240 e. The summed E-state index contributed by atoms with van der Waals surface area (Å²) >= 11 is 1.68. The SMILES string of the molecule is NC(=O)C1CC2CCCCC2N1c1nc2ccccc2s1. The number of rotatable bonds is 2. The highest BCUT2D eigenvalue weighted by atomic mass is 32.1. The molecule has 1 aliphatic heterocycles. The van der Waals surface area contributed by atoms with Crippen LogP contribution in [-0.4, -0.2) is 23.0 Å². The van der Waals surface area contributed by atoms with Gasteiger partial charge < -0.3 is 10.6 Å². The number of nitrogens with two attached hydrogens (primary N) is 1. The molecule has 2 fully saturated rings. The molecule has 2 aromatic rings. The number of hydrogen-bond acceptors (Lipinski definition) is 4. The van der Waals surface area contributed by atoms with E-state index in [9.17, 15) is 4.79 Å². The van der Waals surface area contributed by atoms with Gasteiger partial charge in [0.15, 0.2) is 5.13 Å². The Labute approximate surface area is 128 Å². The van der Waals surface area contributed by atoms with Gasteiger partial charge in [0.1, 0.15) is 6.04 Å². The van der Waals surface area contributed by atoms with Crippen LogP contribution in [0.3, 0.4) is 0 Å². The lowest BCUT2D eigenvalue weighted by Gasteiger charge is -2.32. The molecule has 0 radical (unpaired) electrons. The quantitative estimate of drug-likeness (QED) is 0.928. The van der Waals surface area contributed by atoms with Crippen molar-refractivity contribution in [2.45, 2.75) is 44.2 Å². The Bertz CT molecular complexity index is 650. The van der Waals surface area contributed by atoms with Crippen LogP contribution >= 0.6 is 11.3 Å². The third-order valence-electron chi connectivity index (χ3n) is 4.92. The first-order chi connectivity index (χ1) is 10.2. The molecule has 1 aromatic carbocycles. The Kier molecular flexibility index (Phi) is 3.10. The third kappa shape index (κ3) is 2.11. The number of aromatic nitrogens is 1. The number of primary amides is 1. The van der Waals surface area contributed by atoms with Crippen molar-refractivity contribution < 1.29 is 4.79 Å². The molecule has 0 spiro atoms. The van der Waals surface area contributed by atoms with Gasteiger partial charge in [-0.05, 0) is 37.3 Å². The summed E-state index contributed by atoms with van der Waals surface area (Å²) in [6.07, 6.45) is 5.80. The minimum absolute atomic E-state index is 0.182. The number of nitrogens with zero attached hydrogens (tertiary/aromatic N) is 2. The zero-order chi connectivity index (χ0) is 14.4. The summed E-state index contributed by atoms with van der Waals surface area (Å²) < 4.78 is 1.18. The van der Waals surface area contributed by atoms with E-state index in [0.29, 0.717) is 12.0 Å². The van der Waals surface area contributed by atoms with Gasteiger partial charge in [-0.1, -0.05) is 36.3 Å². The number of thiazole rings is 1. The highest BCUT2D eigenvalue weighted by molar-refractivity contribution is 7.22. The summed E-state index contributed by atoms with van der Waals surface area (Å²) in [4.78, 5) is 18.9. The molecule has 5 heteroatoms. The fraction of sp³-hybridized carbons (Fsp3) is 0.500. The fourth-order valence-corrected chi connectivity index (χ4v) is 5.03. The number of benzene rings is 1. The lowest BCUT2D eigenvalue weighted by molar-refractivity contribution is -0.119. The van der Waals surface area contributed by atoms with Crippen molar-refractivity contribution >= 4 is 32.6 Å². The Morgan fingerprint density at radius 1 is 1.29 bits per heavy atom. The van der Waals surface area contributed by atoms with Crippen molar-refractivity contribution in [1.29, 1.82) is 0 Å². The molecule has 21 heavy (non-hydrogen) atoms. The van der Waals surface area contributed by atoms with E-state index in [1.54, 1.807) is 11.3 Å². The summed E-state index contributed by atoms with van der Waals surface area (Å²) in [5.41, 5.74) is 6.68. The topological polar surface area (TPSA) is 59.2 Å². The van der Waals surface area contributed by atoms with Gasteiger partial charge in [-0.25, -0.2) is 4.98 Å². The van der Waals surface area contributed by atoms with E-state index >= 15 is 0 Å². The fourth-order valence-electron chi connectivity index (χ4n) is 3.96. The average Bonchev–Trinajstić information content (AvgIpc) is 3.07. The van der Waals surface area contributed by atoms with Crippen LogP contribution in [0.5, 0.6) is 0 Å². The molecule has 1 saturated carbocycles. The van der Waals surface area contributed by atoms with Crippen molar-refractivity contribution in [1.82, 2.24) is 4.98 Å². The van der Waals surface area contributed by atoms with Crippen LogP contribution in [0.4, 0.5) is 5.13 Å². The first kappa shape index (κ1) is 13.1. The molecule has 2 heterocycles. The first-order valence-electron chi connectivity index (χ1n) is 7.67. The highest BCUT2D eigenvalue weighted by Crippen LogP contribution is 2.44. The number of hydrogen-bond donors (Lipinski definition) is 1. The number of para-hydroxylation sites is 1. The van der Waals surface area contributed by atoms with Gasteiger partial charge in [-0.3, -0.25) is 4.79 Å². The molecule has 1 amide bonds. The van der Waals surface area contributed by atoms with Crippen LogP contribution in [0.25, 0.3) is 10.2 Å². The molecule has 1 saturated heterocycles. The van der Waals surface area contributed by atoms with E-state index in [1.807, 2.05) is 18.2 Å². The molecular weight excluding hydrogens is 282 g/mol. The maximum atomic E-state index is 11.9. The van der Waals surface area contributed by atoms with E-state index in [0.717, 1.165) is 23.5 Å². The van der Waals surface area contributed by atoms with E-state index < -0.39 is 0 Å². The molecule has 0 bridgehead atoms. The monoisotopic (exact) mass is 301 g/mol. The van der Waals surface area contributed by atoms with Gasteiger partial charge >= 0.3 is 0 Å². The normalized spacial score (nSPS) is 28.8. The highest BCUT2D eigenvalue weighted by Gasteiger charge is 2.45. The van der Waals surface area contributed by atoms with Crippen LogP contribution < -0.4 is 10.6 Å². The number of carbonyl (C=O) groups is 1. The van der Waals surface area contributed by atoms with Gasteiger partial charge in [0.05, 0.1) is 10.2 Å². The van der Waals surface area contributed by atoms with Crippen LogP contribution in [-0.2, 0) is 4.79 Å². The Balaban J connectivity index is 1.77. The zero-order valence-electron chi connectivity index (χ0n) is 11.9. The summed E-state index contributed by atoms with van der Waals surface area (Å²) in [6, 6.07) is 8.41. The molecule has 2 N–H and O–H groups in total. The van der Waals surface area contributed by atoms with Crippen molar-refractivity contribution in [2.24, 2.45) is 11.7 Å². The summed E-state index contributed by atoms with van der Waals surface area (Å²) in [7, 11) is 0. The molecule has 4 rings (SSSR count). The maximum absolute atomic E-state index is 11.9. The molecule has 110 valence electrons. The average molecular weight is 301 g/mol. The van der Waals surface area contributed by atoms with Crippen LogP contribution in [0.2, 0.25) is 0 Å². The second-order valence-corrected chi connectivity index (χ2v) is 7.15. The predicted octanol–water partition coefficient (Wildman–Crippen LogP) is 2.92. The molecule has 4 nitrogen and oxygen atoms in total. The molecule has 1 aromatic heterocycles. The lowest BCUT2D eigenvalue weighted by atomic mass is 9.85. The van der Waals surface area contributed by atoms with Gasteiger partial charge in [0, 0.05) is 6.04 Å². The van der Waals surface area contributed by atoms with Gasteiger partial charge in [0.2, 0.25) is 5.91 Å². The summed E-state index contributed by atoms with van der Waals surface area (Å²) in [6.45, 7) is 0. The minimum atomic E-state index is -0.205. The molecular formula is C16H19N3OS. The van der Waals surface area contributed by atoms with Crippen molar-refractivity contribution in [3.63, 3.8) is 0 Å². The van der Waals surface area contributed by atoms with E-state index in [2.05, 4.69) is 11.0 Å². The van der Waals surface area contributed by atoms with Gasteiger partial charge in [-0.2, -0.15) is 0 Å². The molecule has 1 aliphatic carbocycles. The third-order valence-corrected chi connectivity index (χ3v) is 5.97. The smallest absolute Gasteiger partial charge is 0.240 e. The second-order valence-electron chi connectivity index (χ2n) is 6.14. The van der Waals surface area contributed by atoms with Crippen LogP contribution in [0, 0.1) is 5.92 Å². The van der Waals surface area contributed by atoms with Crippen molar-refractivity contribution in [2.75, 3.05) is 4.90 Å². The summed E-state index contributed by atoms with van der Waals surface area (Å²) in [5.74, 6) is 0.395. The Hall–Kier alpha value is -1.62. The van der Waals surface area contributed by atoms with Gasteiger partial charge in [0.25, 0.3) is 0 Å². The lowest BCUT2D eigenvalue weighted by Crippen LogP contribution is -2.45. The molecule has 2 aliphatic rings. The van der Waals surface area contributed by atoms with Gasteiger partial charge in [-0.15, -0.1) is 0 Å². The standard InChI is InChI=1S/C16H19N3OS/c17-15(20)13-9-10-5-1-3-7-12(10)19(13)16-18-11-6-2-4-8-14(11)21-16/h2,4,6,8,10,12-13H,1,3,5,7,9H2,(H2,17,20). The second kappa shape index (κ2) is 4.98. The van der Waals surface area contributed by atoms with E-state index in [4.69, 9.17) is 10.7 Å². The predicted molar refractivity (Wildman–Crippen MR) is 85.4 cm³/mol. The Morgan fingerprint density at radius 3 is 2.90 bits per heavy atom.